The van der Waals surface area contributed by atoms with Crippen LogP contribution in [0.25, 0.3) is 0 Å². The predicted molar refractivity (Wildman–Crippen MR) is 81.4 cm³/mol. The molecule has 3 heterocycles. The van der Waals surface area contributed by atoms with E-state index in [1.165, 1.54) is 0 Å². The molecule has 21 heavy (non-hydrogen) atoms. The van der Waals surface area contributed by atoms with E-state index in [0.717, 1.165) is 23.0 Å². The van der Waals surface area contributed by atoms with Crippen LogP contribution in [0.3, 0.4) is 0 Å². The molecule has 2 aliphatic rings. The monoisotopic (exact) mass is 309 g/mol. The molecule has 0 unspecified atom stereocenters. The minimum atomic E-state index is -0.225. The van der Waals surface area contributed by atoms with Crippen LogP contribution in [-0.4, -0.2) is 40.7 Å². The summed E-state index contributed by atoms with van der Waals surface area (Å²) in [5.41, 5.74) is 1.30. The summed E-state index contributed by atoms with van der Waals surface area (Å²) in [7, 11) is 0. The second kappa shape index (κ2) is 4.88. The molecule has 114 valence electrons. The zero-order chi connectivity index (χ0) is 15.3. The first-order chi connectivity index (χ1) is 9.88. The van der Waals surface area contributed by atoms with Gasteiger partial charge in [-0.05, 0) is 0 Å². The number of anilines is 1. The molecule has 1 aromatic heterocycles. The normalized spacial score (nSPS) is 19.6. The van der Waals surface area contributed by atoms with Crippen molar-refractivity contribution in [1.82, 2.24) is 9.97 Å². The van der Waals surface area contributed by atoms with Crippen LogP contribution < -0.4 is 4.90 Å². The van der Waals surface area contributed by atoms with Gasteiger partial charge in [0.2, 0.25) is 0 Å². The Kier molecular flexibility index (Phi) is 3.41. The number of azo groups is 1. The summed E-state index contributed by atoms with van der Waals surface area (Å²) >= 11 is 5.97. The number of halogens is 1. The van der Waals surface area contributed by atoms with E-state index in [-0.39, 0.29) is 17.4 Å². The molecule has 1 fully saturated rings. The molecule has 0 saturated carbocycles. The lowest BCUT2D eigenvalue weighted by atomic mass is 9.82. The van der Waals surface area contributed by atoms with Crippen molar-refractivity contribution in [3.63, 3.8) is 0 Å². The van der Waals surface area contributed by atoms with E-state index in [1.807, 2.05) is 0 Å². The number of aliphatic hydroxyl groups excluding tert-OH is 1. The summed E-state index contributed by atoms with van der Waals surface area (Å²) < 4.78 is 0. The van der Waals surface area contributed by atoms with Gasteiger partial charge in [0.05, 0.1) is 12.3 Å². The molecule has 3 rings (SSSR count). The van der Waals surface area contributed by atoms with E-state index in [1.54, 1.807) is 0 Å². The molecule has 1 saturated heterocycles. The highest BCUT2D eigenvalue weighted by Gasteiger charge is 2.44. The van der Waals surface area contributed by atoms with Crippen molar-refractivity contribution in [3.05, 3.63) is 11.5 Å². The summed E-state index contributed by atoms with van der Waals surface area (Å²) in [6, 6.07) is 0. The lowest BCUT2D eigenvalue weighted by Gasteiger charge is -2.49. The van der Waals surface area contributed by atoms with Gasteiger partial charge in [0.25, 0.3) is 0 Å². The van der Waals surface area contributed by atoms with E-state index < -0.39 is 0 Å². The van der Waals surface area contributed by atoms with E-state index in [2.05, 4.69) is 40.9 Å². The van der Waals surface area contributed by atoms with Gasteiger partial charge < -0.3 is 10.0 Å². The third kappa shape index (κ3) is 2.40. The zero-order valence-electron chi connectivity index (χ0n) is 12.6. The van der Waals surface area contributed by atoms with Crippen molar-refractivity contribution in [2.45, 2.75) is 32.7 Å². The average Bonchev–Trinajstić information content (AvgIpc) is 2.85. The third-order valence-corrected chi connectivity index (χ3v) is 4.54. The minimum absolute atomic E-state index is 0.0912. The highest BCUT2D eigenvalue weighted by atomic mass is 35.5. The fraction of sp³-hybridized carbons (Fsp3) is 0.714. The van der Waals surface area contributed by atoms with Crippen molar-refractivity contribution < 1.29 is 5.11 Å². The van der Waals surface area contributed by atoms with Crippen molar-refractivity contribution >= 4 is 23.1 Å². The van der Waals surface area contributed by atoms with Crippen LogP contribution in [-0.2, 0) is 12.0 Å². The van der Waals surface area contributed by atoms with Crippen LogP contribution in [0.5, 0.6) is 0 Å². The first-order valence-corrected chi connectivity index (χ1v) is 7.63. The number of rotatable bonds is 3. The molecule has 1 N–H and O–H groups in total. The van der Waals surface area contributed by atoms with Gasteiger partial charge in [-0.3, -0.25) is 0 Å². The van der Waals surface area contributed by atoms with Gasteiger partial charge >= 0.3 is 0 Å². The maximum atomic E-state index is 9.49. The largest absolute Gasteiger partial charge is 0.396 e. The lowest BCUT2D eigenvalue weighted by Crippen LogP contribution is -2.60. The molecule has 0 spiro atoms. The third-order valence-electron chi connectivity index (χ3n) is 3.97. The zero-order valence-corrected chi connectivity index (χ0v) is 13.4. The van der Waals surface area contributed by atoms with Crippen LogP contribution in [0.1, 0.15) is 32.3 Å². The van der Waals surface area contributed by atoms with Gasteiger partial charge in [0.15, 0.2) is 11.5 Å². The van der Waals surface area contributed by atoms with Gasteiger partial charge in [-0.2, -0.15) is 5.11 Å². The first kappa shape index (κ1) is 14.7. The second-order valence-electron chi connectivity index (χ2n) is 6.96. The lowest BCUT2D eigenvalue weighted by molar-refractivity contribution is 0.114. The van der Waals surface area contributed by atoms with E-state index in [4.69, 9.17) is 16.6 Å². The highest BCUT2D eigenvalue weighted by Crippen LogP contribution is 2.42. The number of hydrogen-bond donors (Lipinski definition) is 1. The predicted octanol–water partition coefficient (Wildman–Crippen LogP) is 2.41. The van der Waals surface area contributed by atoms with Crippen molar-refractivity contribution in [1.29, 1.82) is 0 Å². The van der Waals surface area contributed by atoms with E-state index in [9.17, 15) is 5.11 Å². The number of alkyl halides is 1. The summed E-state index contributed by atoms with van der Waals surface area (Å²) in [4.78, 5) is 11.4. The molecular formula is C14H20ClN5O. The molecule has 0 atom stereocenters. The molecule has 1 aromatic rings. The number of aliphatic hydroxyl groups is 1. The standard InChI is InChI=1S/C14H20ClN5O/c1-13(2,3)12-17-9-4-16-19-10(9)11(18-12)20-6-14(5-15,7-20)8-21/h21H,4-8H2,1-3H3. The summed E-state index contributed by atoms with van der Waals surface area (Å²) in [5.74, 6) is 2.07. The van der Waals surface area contributed by atoms with Crippen LogP contribution in [0.4, 0.5) is 11.5 Å². The fourth-order valence-electron chi connectivity index (χ4n) is 2.57. The summed E-state index contributed by atoms with van der Waals surface area (Å²) in [5, 5.41) is 17.8. The van der Waals surface area contributed by atoms with Gasteiger partial charge in [-0.15, -0.1) is 16.7 Å². The number of hydrogen-bond acceptors (Lipinski definition) is 6. The van der Waals surface area contributed by atoms with Crippen LogP contribution in [0, 0.1) is 5.41 Å². The molecule has 0 bridgehead atoms. The Balaban J connectivity index is 1.96. The van der Waals surface area contributed by atoms with Gasteiger partial charge in [0, 0.05) is 29.8 Å². The van der Waals surface area contributed by atoms with Gasteiger partial charge in [-0.1, -0.05) is 20.8 Å². The smallest absolute Gasteiger partial charge is 0.160 e. The average molecular weight is 310 g/mol. The maximum absolute atomic E-state index is 9.49. The summed E-state index contributed by atoms with van der Waals surface area (Å²) in [6.07, 6.45) is 0. The van der Waals surface area contributed by atoms with Crippen molar-refractivity contribution in [2.24, 2.45) is 15.6 Å². The van der Waals surface area contributed by atoms with E-state index in [0.29, 0.717) is 25.5 Å². The molecule has 6 nitrogen and oxygen atoms in total. The molecule has 0 radical (unpaired) electrons. The molecule has 0 aliphatic carbocycles. The van der Waals surface area contributed by atoms with Gasteiger partial charge in [-0.25, -0.2) is 9.97 Å². The van der Waals surface area contributed by atoms with Crippen LogP contribution in [0.2, 0.25) is 0 Å². The van der Waals surface area contributed by atoms with Crippen LogP contribution >= 0.6 is 11.6 Å². The Morgan fingerprint density at radius 1 is 1.29 bits per heavy atom. The van der Waals surface area contributed by atoms with E-state index >= 15 is 0 Å². The molecular weight excluding hydrogens is 290 g/mol. The summed E-state index contributed by atoms with van der Waals surface area (Å²) in [6.45, 7) is 8.26. The Bertz CT molecular complexity index is 584. The Morgan fingerprint density at radius 3 is 2.57 bits per heavy atom. The Labute approximate surface area is 129 Å². The Morgan fingerprint density at radius 2 is 2.00 bits per heavy atom. The highest BCUT2D eigenvalue weighted by molar-refractivity contribution is 6.18. The molecule has 0 aromatic carbocycles. The van der Waals surface area contributed by atoms with Crippen molar-refractivity contribution in [3.8, 4) is 0 Å². The number of aromatic nitrogens is 2. The topological polar surface area (TPSA) is 74.0 Å². The minimum Gasteiger partial charge on any atom is -0.396 e. The van der Waals surface area contributed by atoms with Crippen LogP contribution in [0.15, 0.2) is 10.2 Å². The Hall–Kier alpha value is -1.27. The molecule has 7 heteroatoms. The second-order valence-corrected chi connectivity index (χ2v) is 7.23. The maximum Gasteiger partial charge on any atom is 0.160 e. The van der Waals surface area contributed by atoms with Gasteiger partial charge in [0.1, 0.15) is 12.4 Å². The first-order valence-electron chi connectivity index (χ1n) is 7.09. The number of fused-ring (bicyclic) bond motifs is 1. The molecule has 0 amide bonds. The SMILES string of the molecule is CC(C)(C)c1nc2c(c(N3CC(CO)(CCl)C3)n1)N=NC2. The quantitative estimate of drug-likeness (QED) is 0.870. The molecule has 2 aliphatic heterocycles. The number of nitrogens with zero attached hydrogens (tertiary/aromatic N) is 5. The fourth-order valence-corrected chi connectivity index (χ4v) is 2.82. The van der Waals surface area contributed by atoms with Crippen molar-refractivity contribution in [2.75, 3.05) is 30.5 Å².